The van der Waals surface area contributed by atoms with Crippen LogP contribution in [0.5, 0.6) is 0 Å². The maximum Gasteiger partial charge on any atom is 0.191 e. The van der Waals surface area contributed by atoms with Crippen LogP contribution < -0.4 is 15.5 Å². The molecule has 0 saturated carbocycles. The normalized spacial score (nSPS) is 27.4. The maximum absolute atomic E-state index is 4.46. The molecule has 3 aliphatic heterocycles. The number of nitrogens with one attached hydrogen (secondary N) is 2. The molecule has 6 heteroatoms. The van der Waals surface area contributed by atoms with Crippen LogP contribution in [0.2, 0.25) is 0 Å². The van der Waals surface area contributed by atoms with Gasteiger partial charge in [0.1, 0.15) is 0 Å². The molecule has 1 aromatic carbocycles. The fourth-order valence-corrected chi connectivity index (χ4v) is 4.82. The maximum atomic E-state index is 4.46. The van der Waals surface area contributed by atoms with Gasteiger partial charge in [-0.25, -0.2) is 0 Å². The van der Waals surface area contributed by atoms with Crippen molar-refractivity contribution in [3.63, 3.8) is 0 Å². The van der Waals surface area contributed by atoms with E-state index in [4.69, 9.17) is 0 Å². The molecule has 5 nitrogen and oxygen atoms in total. The van der Waals surface area contributed by atoms with Crippen molar-refractivity contribution < 1.29 is 0 Å². The van der Waals surface area contributed by atoms with Crippen molar-refractivity contribution in [3.05, 3.63) is 42.0 Å². The Morgan fingerprint density at radius 2 is 1.71 bits per heavy atom. The minimum atomic E-state index is 0. The van der Waals surface area contributed by atoms with Crippen molar-refractivity contribution in [1.82, 2.24) is 15.5 Å². The van der Waals surface area contributed by atoms with E-state index in [9.17, 15) is 0 Å². The summed E-state index contributed by atoms with van der Waals surface area (Å²) in [6, 6.07) is 10.9. The van der Waals surface area contributed by atoms with Crippen LogP contribution in [0.15, 0.2) is 41.4 Å². The molecule has 0 aromatic heterocycles. The number of guanidine groups is 1. The second-order valence-corrected chi connectivity index (χ2v) is 8.19. The minimum Gasteiger partial charge on any atom is -0.364 e. The summed E-state index contributed by atoms with van der Waals surface area (Å²) >= 11 is 0. The van der Waals surface area contributed by atoms with Crippen LogP contribution in [0, 0.1) is 0 Å². The zero-order chi connectivity index (χ0) is 18.6. The van der Waals surface area contributed by atoms with E-state index in [0.29, 0.717) is 6.04 Å². The van der Waals surface area contributed by atoms with Gasteiger partial charge in [-0.15, -0.1) is 24.0 Å². The van der Waals surface area contributed by atoms with Crippen molar-refractivity contribution in [2.24, 2.45) is 4.99 Å². The zero-order valence-corrected chi connectivity index (χ0v) is 19.4. The van der Waals surface area contributed by atoms with Crippen LogP contribution in [0.3, 0.4) is 0 Å². The van der Waals surface area contributed by atoms with Gasteiger partial charge in [-0.1, -0.05) is 30.7 Å². The molecule has 3 aliphatic rings. The highest BCUT2D eigenvalue weighted by Gasteiger charge is 2.36. The summed E-state index contributed by atoms with van der Waals surface area (Å²) in [5.74, 6) is 0.926. The Kier molecular flexibility index (Phi) is 7.62. The predicted octanol–water partition coefficient (Wildman–Crippen LogP) is 3.36. The van der Waals surface area contributed by atoms with E-state index >= 15 is 0 Å². The first-order chi connectivity index (χ1) is 13.2. The minimum absolute atomic E-state index is 0. The second-order valence-electron chi connectivity index (χ2n) is 8.19. The first-order valence-electron chi connectivity index (χ1n) is 10.4. The van der Waals surface area contributed by atoms with Gasteiger partial charge < -0.3 is 20.4 Å². The fraction of sp³-hybridized carbons (Fsp3) is 0.591. The molecule has 1 aromatic rings. The summed E-state index contributed by atoms with van der Waals surface area (Å²) in [5, 5.41) is 7.18. The van der Waals surface area contributed by atoms with Gasteiger partial charge in [0.25, 0.3) is 0 Å². The van der Waals surface area contributed by atoms with Crippen LogP contribution in [0.25, 0.3) is 0 Å². The average molecular weight is 495 g/mol. The molecular weight excluding hydrogens is 461 g/mol. The molecule has 0 spiro atoms. The Labute approximate surface area is 186 Å². The Bertz CT molecular complexity index is 665. The molecule has 4 rings (SSSR count). The lowest BCUT2D eigenvalue weighted by molar-refractivity contribution is 0.0526. The Balaban J connectivity index is 0.00000225. The number of hydrogen-bond acceptors (Lipinski definition) is 3. The molecule has 2 unspecified atom stereocenters. The topological polar surface area (TPSA) is 42.9 Å². The lowest BCUT2D eigenvalue weighted by Gasteiger charge is -2.47. The van der Waals surface area contributed by atoms with Crippen molar-refractivity contribution in [1.29, 1.82) is 0 Å². The number of hydrogen-bond donors (Lipinski definition) is 2. The first kappa shape index (κ1) is 21.4. The van der Waals surface area contributed by atoms with Gasteiger partial charge in [-0.2, -0.15) is 0 Å². The standard InChI is InChI=1S/C22H33N5.HI/c1-23-22(25-18-14-20-6-5-7-21(15-18)26(20)2)24-16-17-8-10-19(11-9-17)27-12-3-4-13-27;/h3-4,8-11,18,20-21H,5-7,12-16H2,1-2H3,(H2,23,24,25);1H. The van der Waals surface area contributed by atoms with Gasteiger partial charge in [-0.3, -0.25) is 4.99 Å². The van der Waals surface area contributed by atoms with Gasteiger partial charge in [0.15, 0.2) is 5.96 Å². The number of halogens is 1. The van der Waals surface area contributed by atoms with Gasteiger partial charge in [-0.05, 0) is 50.4 Å². The Hall–Kier alpha value is -1.28. The molecule has 2 bridgehead atoms. The molecule has 0 amide bonds. The van der Waals surface area contributed by atoms with Gasteiger partial charge >= 0.3 is 0 Å². The smallest absolute Gasteiger partial charge is 0.191 e. The summed E-state index contributed by atoms with van der Waals surface area (Å²) < 4.78 is 0. The van der Waals surface area contributed by atoms with Crippen molar-refractivity contribution in [2.45, 2.75) is 56.8 Å². The van der Waals surface area contributed by atoms with Crippen LogP contribution in [0.4, 0.5) is 5.69 Å². The number of benzene rings is 1. The fourth-order valence-electron chi connectivity index (χ4n) is 4.82. The second kappa shape index (κ2) is 9.96. The molecule has 2 saturated heterocycles. The third-order valence-corrected chi connectivity index (χ3v) is 6.48. The monoisotopic (exact) mass is 495 g/mol. The Morgan fingerprint density at radius 3 is 2.32 bits per heavy atom. The number of piperidine rings is 2. The number of rotatable bonds is 4. The third kappa shape index (κ3) is 5.00. The highest BCUT2D eigenvalue weighted by molar-refractivity contribution is 14.0. The van der Waals surface area contributed by atoms with Gasteiger partial charge in [0.2, 0.25) is 0 Å². The summed E-state index contributed by atoms with van der Waals surface area (Å²) in [6.07, 6.45) is 11.0. The van der Waals surface area contributed by atoms with E-state index in [2.05, 4.69) is 68.9 Å². The highest BCUT2D eigenvalue weighted by Crippen LogP contribution is 2.32. The highest BCUT2D eigenvalue weighted by atomic mass is 127. The van der Waals surface area contributed by atoms with E-state index in [1.54, 1.807) is 0 Å². The van der Waals surface area contributed by atoms with E-state index in [-0.39, 0.29) is 24.0 Å². The number of nitrogens with zero attached hydrogens (tertiary/aromatic N) is 3. The summed E-state index contributed by atoms with van der Waals surface area (Å²) in [7, 11) is 4.17. The number of fused-ring (bicyclic) bond motifs is 2. The van der Waals surface area contributed by atoms with E-state index < -0.39 is 0 Å². The number of anilines is 1. The van der Waals surface area contributed by atoms with Crippen LogP contribution in [0.1, 0.15) is 37.7 Å². The molecule has 0 radical (unpaired) electrons. The predicted molar refractivity (Wildman–Crippen MR) is 129 cm³/mol. The molecule has 2 fully saturated rings. The summed E-state index contributed by atoms with van der Waals surface area (Å²) in [4.78, 5) is 9.43. The molecule has 28 heavy (non-hydrogen) atoms. The molecular formula is C22H34IN5. The molecule has 154 valence electrons. The molecule has 2 atom stereocenters. The van der Waals surface area contributed by atoms with E-state index in [1.165, 1.54) is 43.4 Å². The summed E-state index contributed by atoms with van der Waals surface area (Å²) in [6.45, 7) is 2.84. The lowest BCUT2D eigenvalue weighted by atomic mass is 9.82. The quantitative estimate of drug-likeness (QED) is 0.291. The Morgan fingerprint density at radius 1 is 1.07 bits per heavy atom. The van der Waals surface area contributed by atoms with E-state index in [1.807, 2.05) is 7.05 Å². The van der Waals surface area contributed by atoms with E-state index in [0.717, 1.165) is 37.7 Å². The molecule has 2 N–H and O–H groups in total. The number of aliphatic imine (C=N–C) groups is 1. The SMILES string of the molecule is CN=C(NCc1ccc(N2CC=CC2)cc1)NC1CC2CCCC(C1)N2C.I. The summed E-state index contributed by atoms with van der Waals surface area (Å²) in [5.41, 5.74) is 2.58. The van der Waals surface area contributed by atoms with Crippen LogP contribution in [-0.2, 0) is 6.54 Å². The average Bonchev–Trinajstić information content (AvgIpc) is 3.21. The van der Waals surface area contributed by atoms with Crippen molar-refractivity contribution >= 4 is 35.6 Å². The largest absolute Gasteiger partial charge is 0.364 e. The first-order valence-corrected chi connectivity index (χ1v) is 10.4. The van der Waals surface area contributed by atoms with Gasteiger partial charge in [0, 0.05) is 50.5 Å². The van der Waals surface area contributed by atoms with Crippen molar-refractivity contribution in [3.8, 4) is 0 Å². The zero-order valence-electron chi connectivity index (χ0n) is 17.1. The van der Waals surface area contributed by atoms with Gasteiger partial charge in [0.05, 0.1) is 0 Å². The third-order valence-electron chi connectivity index (χ3n) is 6.48. The lowest BCUT2D eigenvalue weighted by Crippen LogP contribution is -2.56. The van der Waals surface area contributed by atoms with Crippen LogP contribution >= 0.6 is 24.0 Å². The molecule has 3 heterocycles. The van der Waals surface area contributed by atoms with Crippen molar-refractivity contribution in [2.75, 3.05) is 32.1 Å². The molecule has 0 aliphatic carbocycles. The van der Waals surface area contributed by atoms with Crippen LogP contribution in [-0.4, -0.2) is 56.2 Å².